The van der Waals surface area contributed by atoms with Crippen molar-refractivity contribution in [3.05, 3.63) is 30.3 Å². The minimum absolute atomic E-state index is 0.154. The Balaban J connectivity index is 1.48. The predicted octanol–water partition coefficient (Wildman–Crippen LogP) is 3.44. The smallest absolute Gasteiger partial charge is 0.235 e. The van der Waals surface area contributed by atoms with Crippen LogP contribution >= 0.6 is 23.1 Å². The van der Waals surface area contributed by atoms with E-state index in [2.05, 4.69) is 58.5 Å². The second-order valence-electron chi connectivity index (χ2n) is 7.06. The Kier molecular flexibility index (Phi) is 6.95. The van der Waals surface area contributed by atoms with Crippen molar-refractivity contribution in [2.75, 3.05) is 42.9 Å². The fourth-order valence-corrected chi connectivity index (χ4v) is 4.89. The molecule has 0 saturated carbocycles. The number of anilines is 2. The van der Waals surface area contributed by atoms with E-state index >= 15 is 0 Å². The van der Waals surface area contributed by atoms with Crippen molar-refractivity contribution >= 4 is 39.8 Å². The SMILES string of the molecule is CC(C)CNc1nnc(S[C@H](C)C(=O)N2CCN(c3ccccc3)CC2)s1. The fraction of sp³-hybridized carbons (Fsp3) is 0.526. The third-order valence-corrected chi connectivity index (χ3v) is 6.46. The minimum atomic E-state index is -0.154. The van der Waals surface area contributed by atoms with Gasteiger partial charge in [-0.25, -0.2) is 0 Å². The molecule has 1 aromatic carbocycles. The normalized spacial score (nSPS) is 15.9. The number of benzene rings is 1. The molecule has 1 amide bonds. The van der Waals surface area contributed by atoms with Gasteiger partial charge in [0.25, 0.3) is 0 Å². The van der Waals surface area contributed by atoms with Gasteiger partial charge < -0.3 is 15.1 Å². The number of hydrogen-bond acceptors (Lipinski definition) is 7. The molecule has 6 nitrogen and oxygen atoms in total. The lowest BCUT2D eigenvalue weighted by molar-refractivity contribution is -0.130. The highest BCUT2D eigenvalue weighted by Gasteiger charge is 2.26. The van der Waals surface area contributed by atoms with Crippen LogP contribution in [0.1, 0.15) is 20.8 Å². The molecule has 1 aromatic heterocycles. The molecule has 1 atom stereocenters. The Bertz CT molecular complexity index is 729. The lowest BCUT2D eigenvalue weighted by Gasteiger charge is -2.37. The molecule has 0 bridgehead atoms. The van der Waals surface area contributed by atoms with Crippen LogP contribution in [-0.2, 0) is 4.79 Å². The van der Waals surface area contributed by atoms with Crippen molar-refractivity contribution in [2.24, 2.45) is 5.92 Å². The summed E-state index contributed by atoms with van der Waals surface area (Å²) in [7, 11) is 0. The number of aromatic nitrogens is 2. The van der Waals surface area contributed by atoms with Gasteiger partial charge in [0, 0.05) is 38.4 Å². The maximum atomic E-state index is 12.8. The summed E-state index contributed by atoms with van der Waals surface area (Å²) in [6.45, 7) is 10.4. The van der Waals surface area contributed by atoms with Gasteiger partial charge in [-0.1, -0.05) is 55.1 Å². The Hall–Kier alpha value is -1.80. The Morgan fingerprint density at radius 1 is 1.15 bits per heavy atom. The number of thioether (sulfide) groups is 1. The molecule has 146 valence electrons. The molecule has 3 rings (SSSR count). The third kappa shape index (κ3) is 5.59. The van der Waals surface area contributed by atoms with E-state index in [1.54, 1.807) is 0 Å². The number of carbonyl (C=O) groups is 1. The molecule has 27 heavy (non-hydrogen) atoms. The Morgan fingerprint density at radius 2 is 1.85 bits per heavy atom. The summed E-state index contributed by atoms with van der Waals surface area (Å²) >= 11 is 3.01. The summed E-state index contributed by atoms with van der Waals surface area (Å²) in [5.74, 6) is 0.736. The molecule has 2 heterocycles. The molecule has 8 heteroatoms. The van der Waals surface area contributed by atoms with Gasteiger partial charge in [-0.2, -0.15) is 0 Å². The summed E-state index contributed by atoms with van der Waals surface area (Å²) in [6, 6.07) is 10.4. The van der Waals surface area contributed by atoms with E-state index in [-0.39, 0.29) is 11.2 Å². The average Bonchev–Trinajstić information content (AvgIpc) is 3.14. The van der Waals surface area contributed by atoms with Crippen LogP contribution in [0, 0.1) is 5.92 Å². The number of rotatable bonds is 7. The zero-order chi connectivity index (χ0) is 19.2. The van der Waals surface area contributed by atoms with E-state index in [1.165, 1.54) is 28.8 Å². The molecule has 1 fully saturated rings. The highest BCUT2D eigenvalue weighted by atomic mass is 32.2. The molecule has 0 unspecified atom stereocenters. The minimum Gasteiger partial charge on any atom is -0.368 e. The lowest BCUT2D eigenvalue weighted by atomic mass is 10.2. The van der Waals surface area contributed by atoms with Gasteiger partial charge in [-0.3, -0.25) is 4.79 Å². The average molecular weight is 406 g/mol. The summed E-state index contributed by atoms with van der Waals surface area (Å²) in [5, 5.41) is 12.3. The quantitative estimate of drug-likeness (QED) is 0.712. The number of carbonyl (C=O) groups excluding carboxylic acids is 1. The molecule has 2 aromatic rings. The van der Waals surface area contributed by atoms with Crippen LogP contribution < -0.4 is 10.2 Å². The van der Waals surface area contributed by atoms with Crippen molar-refractivity contribution in [1.29, 1.82) is 0 Å². The maximum absolute atomic E-state index is 12.8. The molecule has 0 aliphatic carbocycles. The van der Waals surface area contributed by atoms with Crippen molar-refractivity contribution in [3.8, 4) is 0 Å². The first-order chi connectivity index (χ1) is 13.0. The number of nitrogens with zero attached hydrogens (tertiary/aromatic N) is 4. The first kappa shape index (κ1) is 19.9. The highest BCUT2D eigenvalue weighted by Crippen LogP contribution is 2.30. The second kappa shape index (κ2) is 9.41. The zero-order valence-corrected chi connectivity index (χ0v) is 17.7. The van der Waals surface area contributed by atoms with Gasteiger partial charge in [0.1, 0.15) is 0 Å². The predicted molar refractivity (Wildman–Crippen MR) is 114 cm³/mol. The van der Waals surface area contributed by atoms with Crippen molar-refractivity contribution in [3.63, 3.8) is 0 Å². The first-order valence-electron chi connectivity index (χ1n) is 9.35. The monoisotopic (exact) mass is 405 g/mol. The molecule has 0 radical (unpaired) electrons. The van der Waals surface area contributed by atoms with Gasteiger partial charge in [0.2, 0.25) is 11.0 Å². The van der Waals surface area contributed by atoms with E-state index in [4.69, 9.17) is 0 Å². The molecule has 1 aliphatic heterocycles. The highest BCUT2D eigenvalue weighted by molar-refractivity contribution is 8.02. The summed E-state index contributed by atoms with van der Waals surface area (Å²) in [6.07, 6.45) is 0. The van der Waals surface area contributed by atoms with Gasteiger partial charge in [-0.05, 0) is 25.0 Å². The number of nitrogens with one attached hydrogen (secondary N) is 1. The first-order valence-corrected chi connectivity index (χ1v) is 11.1. The van der Waals surface area contributed by atoms with E-state index < -0.39 is 0 Å². The van der Waals surface area contributed by atoms with Crippen molar-refractivity contribution < 1.29 is 4.79 Å². The zero-order valence-electron chi connectivity index (χ0n) is 16.1. The maximum Gasteiger partial charge on any atom is 0.235 e. The Labute approximate surface area is 169 Å². The largest absolute Gasteiger partial charge is 0.368 e. The molecule has 1 saturated heterocycles. The number of para-hydroxylation sites is 1. The van der Waals surface area contributed by atoms with Crippen LogP contribution in [0.2, 0.25) is 0 Å². The van der Waals surface area contributed by atoms with E-state index in [9.17, 15) is 4.79 Å². The standard InChI is InChI=1S/C19H27N5OS2/c1-14(2)13-20-18-21-22-19(27-18)26-15(3)17(25)24-11-9-23(10-12-24)16-7-5-4-6-8-16/h4-8,14-15H,9-13H2,1-3H3,(H,20,21)/t15-/m1/s1. The number of piperazine rings is 1. The van der Waals surface area contributed by atoms with Crippen LogP contribution in [0.15, 0.2) is 34.7 Å². The summed E-state index contributed by atoms with van der Waals surface area (Å²) < 4.78 is 0.838. The second-order valence-corrected chi connectivity index (χ2v) is 9.62. The van der Waals surface area contributed by atoms with Gasteiger partial charge in [0.15, 0.2) is 4.34 Å². The topological polar surface area (TPSA) is 61.4 Å². The lowest BCUT2D eigenvalue weighted by Crippen LogP contribution is -2.50. The van der Waals surface area contributed by atoms with E-state index in [0.717, 1.165) is 42.2 Å². The van der Waals surface area contributed by atoms with Crippen LogP contribution in [0.25, 0.3) is 0 Å². The van der Waals surface area contributed by atoms with Crippen LogP contribution in [-0.4, -0.2) is 59.0 Å². The summed E-state index contributed by atoms with van der Waals surface area (Å²) in [4.78, 5) is 17.1. The molecular weight excluding hydrogens is 378 g/mol. The van der Waals surface area contributed by atoms with Crippen LogP contribution in [0.4, 0.5) is 10.8 Å². The van der Waals surface area contributed by atoms with E-state index in [0.29, 0.717) is 5.92 Å². The van der Waals surface area contributed by atoms with Crippen molar-refractivity contribution in [1.82, 2.24) is 15.1 Å². The van der Waals surface area contributed by atoms with Crippen LogP contribution in [0.3, 0.4) is 0 Å². The third-order valence-electron chi connectivity index (χ3n) is 4.41. The van der Waals surface area contributed by atoms with Gasteiger partial charge in [0.05, 0.1) is 5.25 Å². The number of amides is 1. The number of hydrogen-bond donors (Lipinski definition) is 1. The molecular formula is C19H27N5OS2. The summed E-state index contributed by atoms with van der Waals surface area (Å²) in [5.41, 5.74) is 1.22. The molecule has 0 spiro atoms. The molecule has 1 aliphatic rings. The van der Waals surface area contributed by atoms with E-state index in [1.807, 2.05) is 17.9 Å². The molecule has 1 N–H and O–H groups in total. The van der Waals surface area contributed by atoms with Crippen molar-refractivity contribution in [2.45, 2.75) is 30.4 Å². The van der Waals surface area contributed by atoms with Gasteiger partial charge >= 0.3 is 0 Å². The van der Waals surface area contributed by atoms with Crippen LogP contribution in [0.5, 0.6) is 0 Å². The van der Waals surface area contributed by atoms with Gasteiger partial charge in [-0.15, -0.1) is 10.2 Å². The Morgan fingerprint density at radius 3 is 2.52 bits per heavy atom. The fourth-order valence-electron chi connectivity index (χ4n) is 2.90.